The van der Waals surface area contributed by atoms with Crippen molar-refractivity contribution in [3.63, 3.8) is 0 Å². The second kappa shape index (κ2) is 6.08. The summed E-state index contributed by atoms with van der Waals surface area (Å²) in [5, 5.41) is -0.790. The lowest BCUT2D eigenvalue weighted by Crippen LogP contribution is -2.07. The fourth-order valence-electron chi connectivity index (χ4n) is 0.308. The van der Waals surface area contributed by atoms with Gasteiger partial charge in [0.2, 0.25) is 0 Å². The van der Waals surface area contributed by atoms with E-state index in [1.807, 2.05) is 0 Å². The van der Waals surface area contributed by atoms with E-state index in [0.29, 0.717) is 11.8 Å². The highest BCUT2D eigenvalue weighted by Crippen LogP contribution is 2.17. The summed E-state index contributed by atoms with van der Waals surface area (Å²) in [4.78, 5) is 10.7. The third-order valence-electron chi connectivity index (χ3n) is 0.788. The molecule has 0 aromatic rings. The molecule has 0 radical (unpaired) electrons. The van der Waals surface area contributed by atoms with E-state index in [0.717, 1.165) is 6.08 Å². The third kappa shape index (κ3) is 5.21. The predicted molar refractivity (Wildman–Crippen MR) is 49.0 cm³/mol. The van der Waals surface area contributed by atoms with Crippen LogP contribution in [0.15, 0.2) is 25.3 Å². The van der Waals surface area contributed by atoms with E-state index in [9.17, 15) is 9.18 Å². The molecule has 0 saturated heterocycles. The summed E-state index contributed by atoms with van der Waals surface area (Å²) in [5.41, 5.74) is -2.38. The molecule has 12 heavy (non-hydrogen) atoms. The zero-order chi connectivity index (χ0) is 9.56. The lowest BCUT2D eigenvalue weighted by Gasteiger charge is -2.06. The van der Waals surface area contributed by atoms with Crippen molar-refractivity contribution >= 4 is 28.7 Å². The van der Waals surface area contributed by atoms with Gasteiger partial charge in [-0.1, -0.05) is 24.8 Å². The van der Waals surface area contributed by atoms with Gasteiger partial charge < -0.3 is 4.74 Å². The lowest BCUT2D eigenvalue weighted by atomic mass is 10.7. The molecule has 0 rings (SSSR count). The van der Waals surface area contributed by atoms with Crippen molar-refractivity contribution in [3.8, 4) is 0 Å². The number of hydrogen-bond donors (Lipinski definition) is 0. The molecule has 0 N–H and O–H groups in total. The van der Waals surface area contributed by atoms with Crippen molar-refractivity contribution in [2.24, 2.45) is 0 Å². The Balaban J connectivity index is 3.73. The van der Waals surface area contributed by atoms with Crippen molar-refractivity contribution in [1.29, 1.82) is 0 Å². The van der Waals surface area contributed by atoms with Crippen LogP contribution < -0.4 is 0 Å². The van der Waals surface area contributed by atoms with Gasteiger partial charge in [0.1, 0.15) is 0 Å². The van der Waals surface area contributed by atoms with E-state index in [4.69, 9.17) is 11.6 Å². The van der Waals surface area contributed by atoms with E-state index in [1.54, 1.807) is 0 Å². The highest BCUT2D eigenvalue weighted by molar-refractivity contribution is 8.13. The first-order valence-corrected chi connectivity index (χ1v) is 4.32. The molecule has 0 amide bonds. The molecular formula is C7H8ClFO2S. The largest absolute Gasteiger partial charge is 0.434 e. The minimum Gasteiger partial charge on any atom is -0.434 e. The zero-order valence-electron chi connectivity index (χ0n) is 6.20. The minimum atomic E-state index is -1.47. The molecule has 2 nitrogen and oxygen atoms in total. The van der Waals surface area contributed by atoms with Crippen LogP contribution in [0.3, 0.4) is 0 Å². The SMILES string of the molecule is C=CC(Cl)OC(=O)S[C@H](F)C=C. The summed E-state index contributed by atoms with van der Waals surface area (Å²) in [6.07, 6.45) is 2.21. The first-order chi connectivity index (χ1) is 5.60. The summed E-state index contributed by atoms with van der Waals surface area (Å²) >= 11 is 5.73. The highest BCUT2D eigenvalue weighted by Gasteiger charge is 2.13. The number of ether oxygens (including phenoxy) is 1. The standard InChI is InChI=1S/C7H8ClFO2S/c1-3-5(8)11-7(10)12-6(9)4-2/h3-6H,1-2H2/t5?,6-/m0/s1. The predicted octanol–water partition coefficient (Wildman–Crippen LogP) is 3.09. The van der Waals surface area contributed by atoms with Crippen LogP contribution in [-0.4, -0.2) is 16.4 Å². The monoisotopic (exact) mass is 210 g/mol. The normalized spacial score (nSPS) is 14.5. The maximum absolute atomic E-state index is 12.4. The molecule has 0 spiro atoms. The first kappa shape index (κ1) is 11.5. The van der Waals surface area contributed by atoms with Crippen molar-refractivity contribution in [3.05, 3.63) is 25.3 Å². The summed E-state index contributed by atoms with van der Waals surface area (Å²) < 4.78 is 16.9. The lowest BCUT2D eigenvalue weighted by molar-refractivity contribution is 0.176. The third-order valence-corrected chi connectivity index (χ3v) is 1.76. The quantitative estimate of drug-likeness (QED) is 0.405. The van der Waals surface area contributed by atoms with Crippen LogP contribution in [0.2, 0.25) is 0 Å². The molecular weight excluding hydrogens is 203 g/mol. The number of hydrogen-bond acceptors (Lipinski definition) is 3. The van der Waals surface area contributed by atoms with Crippen molar-refractivity contribution in [2.45, 2.75) is 11.1 Å². The maximum Gasteiger partial charge on any atom is 0.372 e. The maximum atomic E-state index is 12.4. The van der Waals surface area contributed by atoms with Crippen molar-refractivity contribution < 1.29 is 13.9 Å². The fourth-order valence-corrected chi connectivity index (χ4v) is 0.881. The van der Waals surface area contributed by atoms with Gasteiger partial charge in [-0.2, -0.15) is 0 Å². The Labute approximate surface area is 79.4 Å². The van der Waals surface area contributed by atoms with Crippen LogP contribution in [0.5, 0.6) is 0 Å². The van der Waals surface area contributed by atoms with E-state index >= 15 is 0 Å². The van der Waals surface area contributed by atoms with Gasteiger partial charge in [0.25, 0.3) is 0 Å². The number of carbonyl (C=O) groups excluding carboxylic acids is 1. The zero-order valence-corrected chi connectivity index (χ0v) is 7.78. The number of carbonyl (C=O) groups is 1. The van der Waals surface area contributed by atoms with Gasteiger partial charge in [-0.3, -0.25) is 0 Å². The highest BCUT2D eigenvalue weighted by atomic mass is 35.5. The molecule has 5 heteroatoms. The Morgan fingerprint density at radius 1 is 1.58 bits per heavy atom. The number of alkyl halides is 2. The van der Waals surface area contributed by atoms with Gasteiger partial charge in [0.05, 0.1) is 0 Å². The molecule has 1 unspecified atom stereocenters. The molecule has 0 aliphatic heterocycles. The molecule has 0 heterocycles. The average molecular weight is 211 g/mol. The Kier molecular flexibility index (Phi) is 5.84. The number of rotatable bonds is 4. The van der Waals surface area contributed by atoms with Crippen LogP contribution in [0.1, 0.15) is 0 Å². The van der Waals surface area contributed by atoms with E-state index in [-0.39, 0.29) is 0 Å². The Bertz CT molecular complexity index is 168. The minimum absolute atomic E-state index is 0.365. The molecule has 0 aliphatic rings. The second-order valence-corrected chi connectivity index (χ2v) is 3.11. The average Bonchev–Trinajstić information content (AvgIpc) is 2.03. The fraction of sp³-hybridized carbons (Fsp3) is 0.286. The van der Waals surface area contributed by atoms with E-state index < -0.39 is 16.4 Å². The summed E-state index contributed by atoms with van der Waals surface area (Å²) in [6.45, 7) is 6.44. The van der Waals surface area contributed by atoms with Gasteiger partial charge in [-0.05, 0) is 23.9 Å². The van der Waals surface area contributed by atoms with E-state index in [1.165, 1.54) is 6.08 Å². The Morgan fingerprint density at radius 2 is 2.17 bits per heavy atom. The Morgan fingerprint density at radius 3 is 2.58 bits per heavy atom. The number of halogens is 2. The van der Waals surface area contributed by atoms with Crippen molar-refractivity contribution in [2.75, 3.05) is 0 Å². The van der Waals surface area contributed by atoms with Crippen LogP contribution in [0.4, 0.5) is 9.18 Å². The van der Waals surface area contributed by atoms with Crippen LogP contribution in [-0.2, 0) is 4.74 Å². The van der Waals surface area contributed by atoms with E-state index in [2.05, 4.69) is 17.9 Å². The molecule has 0 bridgehead atoms. The van der Waals surface area contributed by atoms with Crippen molar-refractivity contribution in [1.82, 2.24) is 0 Å². The molecule has 0 aliphatic carbocycles. The molecule has 0 aromatic carbocycles. The summed E-state index contributed by atoms with van der Waals surface area (Å²) in [7, 11) is 0. The molecule has 0 fully saturated rings. The molecule has 68 valence electrons. The smallest absolute Gasteiger partial charge is 0.372 e. The second-order valence-electron chi connectivity index (χ2n) is 1.66. The van der Waals surface area contributed by atoms with Crippen LogP contribution in [0, 0.1) is 0 Å². The van der Waals surface area contributed by atoms with Crippen LogP contribution in [0.25, 0.3) is 0 Å². The van der Waals surface area contributed by atoms with Gasteiger partial charge >= 0.3 is 5.30 Å². The van der Waals surface area contributed by atoms with Gasteiger partial charge in [0.15, 0.2) is 11.1 Å². The topological polar surface area (TPSA) is 26.3 Å². The first-order valence-electron chi connectivity index (χ1n) is 3.00. The van der Waals surface area contributed by atoms with Gasteiger partial charge in [-0.25, -0.2) is 9.18 Å². The Hall–Kier alpha value is -0.480. The summed E-state index contributed by atoms with van der Waals surface area (Å²) in [5.74, 6) is 0. The van der Waals surface area contributed by atoms with Gasteiger partial charge in [0, 0.05) is 0 Å². The molecule has 0 aromatic heterocycles. The van der Waals surface area contributed by atoms with Crippen LogP contribution >= 0.6 is 23.4 Å². The molecule has 2 atom stereocenters. The summed E-state index contributed by atoms with van der Waals surface area (Å²) in [6, 6.07) is 0. The molecule has 0 saturated carbocycles. The number of thioether (sulfide) groups is 1. The van der Waals surface area contributed by atoms with Gasteiger partial charge in [-0.15, -0.1) is 0 Å².